The van der Waals surface area contributed by atoms with Gasteiger partial charge in [-0.2, -0.15) is 0 Å². The Morgan fingerprint density at radius 1 is 1.03 bits per heavy atom. The molecule has 3 aromatic rings. The van der Waals surface area contributed by atoms with Gasteiger partial charge in [-0.05, 0) is 61.7 Å². The van der Waals surface area contributed by atoms with Crippen molar-refractivity contribution in [3.05, 3.63) is 53.1 Å². The number of aryl methyl sites for hydroxylation is 3. The SMILES string of the molecule is COc1ccc(C)cc1NC(=O)CNC(=O)CSc1nnc(Nc2ccc(C)c(C)c2)s1. The van der Waals surface area contributed by atoms with Crippen LogP contribution in [0.15, 0.2) is 40.7 Å². The number of carbonyl (C=O) groups excluding carboxylic acids is 2. The first-order valence-corrected chi connectivity index (χ1v) is 11.7. The lowest BCUT2D eigenvalue weighted by Gasteiger charge is -2.11. The predicted octanol–water partition coefficient (Wildman–Crippen LogP) is 4.06. The Labute approximate surface area is 195 Å². The van der Waals surface area contributed by atoms with E-state index in [4.69, 9.17) is 4.74 Å². The molecule has 0 aliphatic rings. The molecule has 10 heteroatoms. The molecule has 168 valence electrons. The molecule has 2 aromatic carbocycles. The topological polar surface area (TPSA) is 105 Å². The molecule has 0 unspecified atom stereocenters. The van der Waals surface area contributed by atoms with Crippen molar-refractivity contribution in [3.63, 3.8) is 0 Å². The van der Waals surface area contributed by atoms with Crippen LogP contribution in [0.5, 0.6) is 5.75 Å². The first-order chi connectivity index (χ1) is 15.3. The summed E-state index contributed by atoms with van der Waals surface area (Å²) in [5.74, 6) is 0.106. The lowest BCUT2D eigenvalue weighted by atomic mass is 10.1. The Morgan fingerprint density at radius 2 is 1.84 bits per heavy atom. The average molecular weight is 472 g/mol. The van der Waals surface area contributed by atoms with Gasteiger partial charge in [0, 0.05) is 5.69 Å². The summed E-state index contributed by atoms with van der Waals surface area (Å²) in [6.07, 6.45) is 0. The van der Waals surface area contributed by atoms with E-state index in [-0.39, 0.29) is 24.1 Å². The van der Waals surface area contributed by atoms with Crippen molar-refractivity contribution in [1.82, 2.24) is 15.5 Å². The maximum absolute atomic E-state index is 12.2. The van der Waals surface area contributed by atoms with Crippen LogP contribution in [0, 0.1) is 20.8 Å². The average Bonchev–Trinajstić information content (AvgIpc) is 3.21. The number of benzene rings is 2. The van der Waals surface area contributed by atoms with E-state index in [0.29, 0.717) is 20.9 Å². The number of nitrogens with zero attached hydrogens (tertiary/aromatic N) is 2. The molecule has 0 bridgehead atoms. The number of nitrogens with one attached hydrogen (secondary N) is 3. The van der Waals surface area contributed by atoms with E-state index >= 15 is 0 Å². The number of anilines is 3. The summed E-state index contributed by atoms with van der Waals surface area (Å²) in [6, 6.07) is 11.6. The van der Waals surface area contributed by atoms with Gasteiger partial charge in [0.1, 0.15) is 5.75 Å². The van der Waals surface area contributed by atoms with E-state index in [2.05, 4.69) is 40.0 Å². The Hall–Kier alpha value is -3.11. The smallest absolute Gasteiger partial charge is 0.243 e. The normalized spacial score (nSPS) is 10.5. The molecule has 0 saturated heterocycles. The quantitative estimate of drug-likeness (QED) is 0.404. The number of ether oxygens (including phenoxy) is 1. The van der Waals surface area contributed by atoms with Crippen molar-refractivity contribution < 1.29 is 14.3 Å². The third-order valence-corrected chi connectivity index (χ3v) is 6.54. The molecule has 2 amide bonds. The van der Waals surface area contributed by atoms with Crippen LogP contribution in [0.25, 0.3) is 0 Å². The molecule has 0 radical (unpaired) electrons. The van der Waals surface area contributed by atoms with Crippen LogP contribution in [-0.2, 0) is 9.59 Å². The van der Waals surface area contributed by atoms with Crippen LogP contribution >= 0.6 is 23.1 Å². The molecule has 0 spiro atoms. The van der Waals surface area contributed by atoms with Gasteiger partial charge in [-0.15, -0.1) is 10.2 Å². The molecule has 32 heavy (non-hydrogen) atoms. The Kier molecular flexibility index (Phi) is 8.07. The summed E-state index contributed by atoms with van der Waals surface area (Å²) in [6.45, 7) is 5.90. The van der Waals surface area contributed by atoms with Crippen molar-refractivity contribution in [3.8, 4) is 5.75 Å². The Balaban J connectivity index is 1.44. The van der Waals surface area contributed by atoms with Crippen LogP contribution in [0.4, 0.5) is 16.5 Å². The molecule has 8 nitrogen and oxygen atoms in total. The molecule has 0 fully saturated rings. The summed E-state index contributed by atoms with van der Waals surface area (Å²) in [7, 11) is 1.54. The molecule has 3 N–H and O–H groups in total. The van der Waals surface area contributed by atoms with E-state index in [1.165, 1.54) is 41.3 Å². The second-order valence-corrected chi connectivity index (χ2v) is 9.31. The zero-order chi connectivity index (χ0) is 23.1. The monoisotopic (exact) mass is 471 g/mol. The largest absolute Gasteiger partial charge is 0.495 e. The third-order valence-electron chi connectivity index (χ3n) is 4.57. The lowest BCUT2D eigenvalue weighted by Crippen LogP contribution is -2.34. The number of rotatable bonds is 9. The number of hydrogen-bond donors (Lipinski definition) is 3. The second kappa shape index (κ2) is 11.0. The molecule has 0 saturated carbocycles. The van der Waals surface area contributed by atoms with Crippen LogP contribution in [0.1, 0.15) is 16.7 Å². The maximum Gasteiger partial charge on any atom is 0.243 e. The third kappa shape index (κ3) is 6.69. The van der Waals surface area contributed by atoms with Crippen LogP contribution in [-0.4, -0.2) is 41.4 Å². The van der Waals surface area contributed by atoms with Gasteiger partial charge in [0.2, 0.25) is 16.9 Å². The van der Waals surface area contributed by atoms with Crippen molar-refractivity contribution >= 4 is 51.4 Å². The molecular weight excluding hydrogens is 446 g/mol. The van der Waals surface area contributed by atoms with Crippen molar-refractivity contribution in [2.75, 3.05) is 30.0 Å². The van der Waals surface area contributed by atoms with E-state index in [0.717, 1.165) is 11.3 Å². The summed E-state index contributed by atoms with van der Waals surface area (Å²) in [5, 5.41) is 17.5. The number of thioether (sulfide) groups is 1. The van der Waals surface area contributed by atoms with Gasteiger partial charge in [-0.1, -0.05) is 35.2 Å². The molecule has 0 aliphatic carbocycles. The van der Waals surface area contributed by atoms with Crippen LogP contribution in [0.3, 0.4) is 0 Å². The fraction of sp³-hybridized carbons (Fsp3) is 0.273. The molecule has 1 aromatic heterocycles. The van der Waals surface area contributed by atoms with E-state index < -0.39 is 0 Å². The second-order valence-electron chi connectivity index (χ2n) is 7.11. The van der Waals surface area contributed by atoms with Gasteiger partial charge in [0.05, 0.1) is 25.1 Å². The summed E-state index contributed by atoms with van der Waals surface area (Å²) in [4.78, 5) is 24.3. The highest BCUT2D eigenvalue weighted by atomic mass is 32.2. The zero-order valence-corrected chi connectivity index (χ0v) is 19.9. The van der Waals surface area contributed by atoms with Gasteiger partial charge < -0.3 is 20.7 Å². The first-order valence-electron chi connectivity index (χ1n) is 9.86. The molecule has 3 rings (SSSR count). The minimum atomic E-state index is -0.331. The number of hydrogen-bond acceptors (Lipinski definition) is 8. The molecule has 0 aliphatic heterocycles. The van der Waals surface area contributed by atoms with Crippen LogP contribution < -0.4 is 20.7 Å². The molecular formula is C22H25N5O3S2. The molecule has 0 atom stereocenters. The van der Waals surface area contributed by atoms with Gasteiger partial charge >= 0.3 is 0 Å². The van der Waals surface area contributed by atoms with Crippen LogP contribution in [0.2, 0.25) is 0 Å². The van der Waals surface area contributed by atoms with Gasteiger partial charge in [0.15, 0.2) is 4.34 Å². The highest BCUT2D eigenvalue weighted by molar-refractivity contribution is 8.01. The standard InChI is InChI=1S/C22H25N5O3S2/c1-13-5-8-18(30-4)17(9-13)25-19(28)11-23-20(29)12-31-22-27-26-21(32-22)24-16-7-6-14(2)15(3)10-16/h5-10H,11-12H2,1-4H3,(H,23,29)(H,24,26)(H,25,28). The van der Waals surface area contributed by atoms with Gasteiger partial charge in [-0.3, -0.25) is 9.59 Å². The number of methoxy groups -OCH3 is 1. The Bertz CT molecular complexity index is 1120. The fourth-order valence-corrected chi connectivity index (χ4v) is 4.33. The van der Waals surface area contributed by atoms with Crippen molar-refractivity contribution in [2.24, 2.45) is 0 Å². The van der Waals surface area contributed by atoms with Crippen molar-refractivity contribution in [1.29, 1.82) is 0 Å². The van der Waals surface area contributed by atoms with Crippen molar-refractivity contribution in [2.45, 2.75) is 25.1 Å². The first kappa shape index (κ1) is 23.6. The Morgan fingerprint density at radius 3 is 2.59 bits per heavy atom. The maximum atomic E-state index is 12.2. The van der Waals surface area contributed by atoms with E-state index in [1.54, 1.807) is 6.07 Å². The molecule has 1 heterocycles. The van der Waals surface area contributed by atoms with E-state index in [9.17, 15) is 9.59 Å². The van der Waals surface area contributed by atoms with E-state index in [1.807, 2.05) is 37.3 Å². The summed E-state index contributed by atoms with van der Waals surface area (Å²) < 4.78 is 5.91. The minimum Gasteiger partial charge on any atom is -0.495 e. The lowest BCUT2D eigenvalue weighted by molar-refractivity contribution is -0.122. The van der Waals surface area contributed by atoms with Gasteiger partial charge in [-0.25, -0.2) is 0 Å². The summed E-state index contributed by atoms with van der Waals surface area (Å²) in [5.41, 5.74) is 4.91. The highest BCUT2D eigenvalue weighted by Crippen LogP contribution is 2.28. The number of carbonyl (C=O) groups is 2. The number of amides is 2. The van der Waals surface area contributed by atoms with Gasteiger partial charge in [0.25, 0.3) is 0 Å². The minimum absolute atomic E-state index is 0.133. The summed E-state index contributed by atoms with van der Waals surface area (Å²) >= 11 is 2.64. The fourth-order valence-electron chi connectivity index (χ4n) is 2.73. The highest BCUT2D eigenvalue weighted by Gasteiger charge is 2.12. The number of aromatic nitrogens is 2. The predicted molar refractivity (Wildman–Crippen MR) is 129 cm³/mol. The zero-order valence-electron chi connectivity index (χ0n) is 18.3.